The van der Waals surface area contributed by atoms with Crippen LogP contribution in [0.15, 0.2) is 65.9 Å². The molecule has 2 amide bonds. The molecule has 0 radical (unpaired) electrons. The summed E-state index contributed by atoms with van der Waals surface area (Å²) in [4.78, 5) is 34.6. The van der Waals surface area contributed by atoms with Crippen molar-refractivity contribution in [3.05, 3.63) is 95.1 Å². The number of pyridine rings is 2. The molecule has 16 nitrogen and oxygen atoms in total. The van der Waals surface area contributed by atoms with E-state index in [1.165, 1.54) is 69.1 Å². The van der Waals surface area contributed by atoms with Crippen molar-refractivity contribution in [2.45, 2.75) is 52.4 Å². The zero-order valence-corrected chi connectivity index (χ0v) is 35.5. The van der Waals surface area contributed by atoms with Gasteiger partial charge in [0.15, 0.2) is 0 Å². The molecule has 0 saturated carbocycles. The molecule has 20 heteroatoms. The highest BCUT2D eigenvalue weighted by Gasteiger charge is 2.21. The lowest BCUT2D eigenvalue weighted by atomic mass is 9.94. The van der Waals surface area contributed by atoms with Gasteiger partial charge in [0, 0.05) is 51.0 Å². The van der Waals surface area contributed by atoms with Crippen molar-refractivity contribution in [2.24, 2.45) is 10.1 Å². The molecule has 0 bridgehead atoms. The lowest BCUT2D eigenvalue weighted by Crippen LogP contribution is -2.36. The third-order valence-corrected chi connectivity index (χ3v) is 10.2. The van der Waals surface area contributed by atoms with Gasteiger partial charge in [-0.2, -0.15) is 15.5 Å². The van der Waals surface area contributed by atoms with E-state index in [4.69, 9.17) is 20.4 Å². The maximum Gasteiger partial charge on any atom is 0.332 e. The van der Waals surface area contributed by atoms with Crippen LogP contribution in [0.4, 0.5) is 25.0 Å². The van der Waals surface area contributed by atoms with Crippen molar-refractivity contribution in [1.82, 2.24) is 14.7 Å². The number of ether oxygens (including phenoxy) is 2. The minimum absolute atomic E-state index is 0.000833. The number of anilines is 1. The predicted octanol–water partition coefficient (Wildman–Crippen LogP) is 6.53. The van der Waals surface area contributed by atoms with Gasteiger partial charge in [-0.15, -0.1) is 0 Å². The number of nitrogens with one attached hydrogen (secondary N) is 2. The molecule has 0 aliphatic rings. The normalized spacial score (nSPS) is 10.9. The maximum absolute atomic E-state index is 14.3. The average molecular weight is 869 g/mol. The van der Waals surface area contributed by atoms with E-state index in [0.29, 0.717) is 52.1 Å². The van der Waals surface area contributed by atoms with Crippen LogP contribution in [0.5, 0.6) is 0 Å². The van der Waals surface area contributed by atoms with Gasteiger partial charge in [0.1, 0.15) is 35.2 Å². The summed E-state index contributed by atoms with van der Waals surface area (Å²) in [6, 6.07) is 14.2. The van der Waals surface area contributed by atoms with Gasteiger partial charge in [0.2, 0.25) is 26.1 Å². The molecular weight excluding hydrogens is 823 g/mol. The summed E-state index contributed by atoms with van der Waals surface area (Å²) in [6.07, 6.45) is 5.07. The Bertz CT molecular complexity index is 2470. The van der Waals surface area contributed by atoms with E-state index in [2.05, 4.69) is 25.0 Å². The Labute approximate surface area is 348 Å². The number of urea groups is 1. The predicted molar refractivity (Wildman–Crippen MR) is 222 cm³/mol. The van der Waals surface area contributed by atoms with Crippen molar-refractivity contribution < 1.29 is 44.7 Å². The van der Waals surface area contributed by atoms with E-state index < -0.39 is 37.7 Å². The van der Waals surface area contributed by atoms with E-state index in [1.54, 1.807) is 12.1 Å². The Morgan fingerprint density at radius 1 is 0.800 bits per heavy atom. The number of hydrogen-bond donors (Lipinski definition) is 3. The summed E-state index contributed by atoms with van der Waals surface area (Å²) in [5.74, 6) is -1.41. The zero-order valence-electron chi connectivity index (χ0n) is 33.8. The molecule has 0 aliphatic carbocycles. The molecular formula is C40H46F2N8O8S2. The van der Waals surface area contributed by atoms with Crippen molar-refractivity contribution in [3.8, 4) is 34.4 Å². The van der Waals surface area contributed by atoms with E-state index in [1.807, 2.05) is 44.6 Å². The first-order valence-electron chi connectivity index (χ1n) is 18.1. The number of aliphatic imine (C=N–C) groups is 1. The zero-order chi connectivity index (χ0) is 45.0. The number of nitrogens with zero attached hydrogens (tertiary/aromatic N) is 5. The minimum atomic E-state index is -3.87. The summed E-state index contributed by atoms with van der Waals surface area (Å²) in [5.41, 5.74) is 3.85. The Morgan fingerprint density at radius 3 is 1.75 bits per heavy atom. The lowest BCUT2D eigenvalue weighted by molar-refractivity contribution is 0.199. The molecule has 0 aliphatic heterocycles. The fourth-order valence-corrected chi connectivity index (χ4v) is 6.80. The second kappa shape index (κ2) is 24.2. The van der Waals surface area contributed by atoms with Crippen LogP contribution in [0.3, 0.4) is 0 Å². The second-order valence-electron chi connectivity index (χ2n) is 13.3. The number of methoxy groups -OCH3 is 2. The minimum Gasteiger partial charge on any atom is -0.385 e. The van der Waals surface area contributed by atoms with Gasteiger partial charge in [-0.3, -0.25) is 0 Å². The Morgan fingerprint density at radius 2 is 1.28 bits per heavy atom. The number of carbonyl (C=O) groups is 1. The highest BCUT2D eigenvalue weighted by atomic mass is 32.2. The van der Waals surface area contributed by atoms with E-state index in [-0.39, 0.29) is 53.4 Å². The molecule has 0 atom stereocenters. The Kier molecular flexibility index (Phi) is 20.2. The number of aromatic nitrogens is 2. The van der Waals surface area contributed by atoms with Crippen LogP contribution >= 0.6 is 0 Å². The first kappa shape index (κ1) is 50.2. The number of sulfonamides is 2. The van der Waals surface area contributed by atoms with E-state index >= 15 is 0 Å². The molecule has 4 N–H and O–H groups in total. The second-order valence-corrected chi connectivity index (χ2v) is 16.9. The Hall–Kier alpha value is -5.99. The number of carbonyl (C=O) groups excluding carboxylic acids is 2. The number of halogens is 2. The van der Waals surface area contributed by atoms with Crippen molar-refractivity contribution in [1.29, 1.82) is 10.5 Å². The molecule has 2 heterocycles. The molecule has 0 spiro atoms. The summed E-state index contributed by atoms with van der Waals surface area (Å²) in [6.45, 7) is 8.08. The number of nitriles is 2. The van der Waals surface area contributed by atoms with Crippen LogP contribution in [-0.4, -0.2) is 77.9 Å². The topological polar surface area (TPSA) is 257 Å². The van der Waals surface area contributed by atoms with Crippen LogP contribution in [0.1, 0.15) is 74.9 Å². The number of primary sulfonamides is 1. The number of benzene rings is 2. The molecule has 0 unspecified atom stereocenters. The van der Waals surface area contributed by atoms with Gasteiger partial charge >= 0.3 is 6.03 Å². The summed E-state index contributed by atoms with van der Waals surface area (Å²) >= 11 is 0. The first-order chi connectivity index (χ1) is 28.3. The Balaban J connectivity index is 0.000000357. The lowest BCUT2D eigenvalue weighted by Gasteiger charge is -2.19. The SMILES string of the molecule is CC(C)c1cc(F)cc(-c2ccnc(C#N)c2)c1N=C=O.COCCCS(=O)(=O)NC(=O)Nc1c(-c2ccnc(C#N)c2)cc(F)cc1C(C)C.COCCCS(N)(=O)=O. The van der Waals surface area contributed by atoms with Gasteiger partial charge in [0.05, 0.1) is 22.9 Å². The summed E-state index contributed by atoms with van der Waals surface area (Å²) in [7, 11) is -4.18. The van der Waals surface area contributed by atoms with Gasteiger partial charge in [-0.1, -0.05) is 27.7 Å². The standard InChI is InChI=1S/C20H23FN4O4S.C16H12FN3O.C4H11NO3S/c1-13(2)17-10-15(21)11-18(14-5-6-23-16(9-14)12-22)19(17)24-20(26)25-30(27,28)8-4-7-29-3;1-10(2)14-6-12(17)7-15(16(14)20-9-21)11-3-4-19-13(5-11)8-18;1-8-3-2-4-9(5,6)7/h5-6,9-11,13H,4,7-8H2,1-3H3,(H2,24,25,26);3-7,10H,1-2H3;2-4H2,1H3,(H2,5,6,7). The van der Waals surface area contributed by atoms with Crippen LogP contribution in [-0.2, 0) is 34.3 Å². The van der Waals surface area contributed by atoms with E-state index in [0.717, 1.165) is 0 Å². The average Bonchev–Trinajstić information content (AvgIpc) is 3.18. The van der Waals surface area contributed by atoms with Gasteiger partial charge in [-0.25, -0.2) is 55.0 Å². The number of isocyanates is 1. The number of rotatable bonds is 15. The van der Waals surface area contributed by atoms with Crippen LogP contribution < -0.4 is 15.2 Å². The molecule has 320 valence electrons. The highest BCUT2D eigenvalue weighted by Crippen LogP contribution is 2.38. The quantitative estimate of drug-likeness (QED) is 0.0655. The van der Waals surface area contributed by atoms with Gasteiger partial charge in [-0.05, 0) is 95.5 Å². The molecule has 60 heavy (non-hydrogen) atoms. The highest BCUT2D eigenvalue weighted by molar-refractivity contribution is 7.90. The fraction of sp³-hybridized carbons (Fsp3) is 0.350. The van der Waals surface area contributed by atoms with Crippen molar-refractivity contribution >= 4 is 43.5 Å². The summed E-state index contributed by atoms with van der Waals surface area (Å²) in [5, 5.41) is 25.2. The van der Waals surface area contributed by atoms with Crippen molar-refractivity contribution in [2.75, 3.05) is 44.3 Å². The first-order valence-corrected chi connectivity index (χ1v) is 21.4. The largest absolute Gasteiger partial charge is 0.385 e. The molecule has 2 aromatic carbocycles. The molecule has 4 aromatic rings. The third-order valence-electron chi connectivity index (χ3n) is 8.04. The maximum atomic E-state index is 14.3. The number of hydrogen-bond acceptors (Lipinski definition) is 13. The molecule has 2 aromatic heterocycles. The number of nitrogens with two attached hydrogens (primary N) is 1. The van der Waals surface area contributed by atoms with Gasteiger partial charge < -0.3 is 14.8 Å². The third kappa shape index (κ3) is 16.7. The molecule has 0 saturated heterocycles. The van der Waals surface area contributed by atoms with Gasteiger partial charge in [0.25, 0.3) is 0 Å². The van der Waals surface area contributed by atoms with Crippen LogP contribution in [0.2, 0.25) is 0 Å². The van der Waals surface area contributed by atoms with E-state index in [9.17, 15) is 35.2 Å². The van der Waals surface area contributed by atoms with Crippen LogP contribution in [0, 0.1) is 34.3 Å². The monoisotopic (exact) mass is 868 g/mol. The fourth-order valence-electron chi connectivity index (χ4n) is 5.35. The van der Waals surface area contributed by atoms with Crippen molar-refractivity contribution in [3.63, 3.8) is 0 Å². The molecule has 0 fully saturated rings. The summed E-state index contributed by atoms with van der Waals surface area (Å²) < 4.78 is 84.2. The smallest absolute Gasteiger partial charge is 0.332 e. The number of amides is 2. The molecule has 4 rings (SSSR count). The van der Waals surface area contributed by atoms with Crippen LogP contribution in [0.25, 0.3) is 22.3 Å².